The number of aryl methyl sites for hydroxylation is 1. The molecule has 168 valence electrons. The van der Waals surface area contributed by atoms with Gasteiger partial charge >= 0.3 is 0 Å². The van der Waals surface area contributed by atoms with E-state index in [4.69, 9.17) is 0 Å². The Morgan fingerprint density at radius 2 is 1.87 bits per heavy atom. The summed E-state index contributed by atoms with van der Waals surface area (Å²) in [5.74, 6) is -2.01. The van der Waals surface area contributed by atoms with Gasteiger partial charge in [-0.1, -0.05) is 22.9 Å². The van der Waals surface area contributed by atoms with Gasteiger partial charge in [0.25, 0.3) is 0 Å². The molecule has 1 saturated heterocycles. The quantitative estimate of drug-likeness (QED) is 0.637. The average Bonchev–Trinajstić information content (AvgIpc) is 2.96. The van der Waals surface area contributed by atoms with Gasteiger partial charge in [-0.15, -0.1) is 0 Å². The number of hydrogen-bond acceptors (Lipinski definition) is 4. The fourth-order valence-corrected chi connectivity index (χ4v) is 5.70. The summed E-state index contributed by atoms with van der Waals surface area (Å²) in [7, 11) is -3.65. The molecule has 0 bridgehead atoms. The molecule has 1 N–H and O–H groups in total. The third kappa shape index (κ3) is 5.88. The number of benzene rings is 2. The van der Waals surface area contributed by atoms with Gasteiger partial charge in [0.2, 0.25) is 15.9 Å². The Labute approximate surface area is 189 Å². The van der Waals surface area contributed by atoms with Crippen LogP contribution in [0.2, 0.25) is 0 Å². The number of amides is 1. The van der Waals surface area contributed by atoms with E-state index in [0.717, 1.165) is 16.1 Å². The summed E-state index contributed by atoms with van der Waals surface area (Å²) in [5.41, 5.74) is 0.656. The van der Waals surface area contributed by atoms with E-state index in [-0.39, 0.29) is 18.8 Å². The van der Waals surface area contributed by atoms with Crippen molar-refractivity contribution in [3.63, 3.8) is 0 Å². The highest BCUT2D eigenvalue weighted by molar-refractivity contribution is 9.10. The van der Waals surface area contributed by atoms with Gasteiger partial charge in [0.05, 0.1) is 17.1 Å². The number of nitrogens with zero attached hydrogens (tertiary/aromatic N) is 2. The van der Waals surface area contributed by atoms with Crippen LogP contribution in [-0.4, -0.2) is 56.3 Å². The van der Waals surface area contributed by atoms with Crippen molar-refractivity contribution < 1.29 is 22.0 Å². The molecular formula is C21H24BrF2N3O3S. The monoisotopic (exact) mass is 515 g/mol. The minimum Gasteiger partial charge on any atom is -0.322 e. The van der Waals surface area contributed by atoms with Crippen molar-refractivity contribution in [1.29, 1.82) is 0 Å². The Bertz CT molecular complexity index is 1070. The first-order valence-corrected chi connectivity index (χ1v) is 12.2. The van der Waals surface area contributed by atoms with Crippen molar-refractivity contribution in [2.75, 3.05) is 38.0 Å². The molecule has 2 aromatic carbocycles. The van der Waals surface area contributed by atoms with Gasteiger partial charge in [-0.2, -0.15) is 4.31 Å². The second-order valence-electron chi connectivity index (χ2n) is 7.31. The summed E-state index contributed by atoms with van der Waals surface area (Å²) in [6.45, 7) is 3.41. The summed E-state index contributed by atoms with van der Waals surface area (Å²) in [5, 5.41) is 2.43. The number of carbonyl (C=O) groups is 1. The van der Waals surface area contributed by atoms with E-state index in [1.54, 1.807) is 12.1 Å². The molecule has 2 aromatic rings. The molecule has 1 fully saturated rings. The number of carbonyl (C=O) groups excluding carboxylic acids is 1. The summed E-state index contributed by atoms with van der Waals surface area (Å²) in [6, 6.07) is 8.09. The van der Waals surface area contributed by atoms with Crippen LogP contribution in [0.5, 0.6) is 0 Å². The smallest absolute Gasteiger partial charge is 0.243 e. The average molecular weight is 516 g/mol. The van der Waals surface area contributed by atoms with Gasteiger partial charge in [-0.25, -0.2) is 17.2 Å². The number of hydrogen-bond donors (Lipinski definition) is 1. The Morgan fingerprint density at radius 1 is 1.10 bits per heavy atom. The normalized spacial score (nSPS) is 16.1. The van der Waals surface area contributed by atoms with Crippen molar-refractivity contribution in [3.05, 3.63) is 58.1 Å². The Balaban J connectivity index is 1.64. The molecule has 0 spiro atoms. The molecule has 0 unspecified atom stereocenters. The number of anilines is 1. The first-order chi connectivity index (χ1) is 14.7. The zero-order valence-corrected chi connectivity index (χ0v) is 19.5. The van der Waals surface area contributed by atoms with Crippen LogP contribution in [0.4, 0.5) is 14.5 Å². The predicted molar refractivity (Wildman–Crippen MR) is 118 cm³/mol. The lowest BCUT2D eigenvalue weighted by Gasteiger charge is -2.22. The van der Waals surface area contributed by atoms with E-state index in [2.05, 4.69) is 21.2 Å². The fourth-order valence-electron chi connectivity index (χ4n) is 3.54. The Kier molecular flexibility index (Phi) is 7.79. The zero-order valence-electron chi connectivity index (χ0n) is 17.1. The maximum Gasteiger partial charge on any atom is 0.243 e. The van der Waals surface area contributed by atoms with Crippen LogP contribution >= 0.6 is 15.9 Å². The fraction of sp³-hybridized carbons (Fsp3) is 0.381. The van der Waals surface area contributed by atoms with Gasteiger partial charge in [-0.3, -0.25) is 9.69 Å². The minimum absolute atomic E-state index is 0.0107. The molecular weight excluding hydrogens is 492 g/mol. The van der Waals surface area contributed by atoms with Crippen LogP contribution in [0.1, 0.15) is 18.9 Å². The molecule has 10 heteroatoms. The number of halogens is 3. The van der Waals surface area contributed by atoms with Crippen LogP contribution in [0.25, 0.3) is 0 Å². The van der Waals surface area contributed by atoms with Crippen LogP contribution in [-0.2, 0) is 21.2 Å². The van der Waals surface area contributed by atoms with Crippen molar-refractivity contribution in [2.24, 2.45) is 0 Å². The predicted octanol–water partition coefficient (Wildman–Crippen LogP) is 3.62. The topological polar surface area (TPSA) is 69.7 Å². The second-order valence-corrected chi connectivity index (χ2v) is 10.1. The molecule has 1 aliphatic rings. The molecule has 0 aromatic heterocycles. The standard InChI is InChI=1S/C21H24BrF2N3O3S/c1-2-15-12-16(22)4-7-20(15)31(29,30)27-9-3-8-26(10-11-27)14-21(28)25-19-6-5-17(23)13-18(19)24/h4-7,12-13H,2-3,8-11,14H2,1H3,(H,25,28). The van der Waals surface area contributed by atoms with E-state index in [0.29, 0.717) is 43.4 Å². The molecule has 1 amide bonds. The zero-order chi connectivity index (χ0) is 22.6. The first kappa shape index (κ1) is 23.8. The number of nitrogens with one attached hydrogen (secondary N) is 1. The summed E-state index contributed by atoms with van der Waals surface area (Å²) in [4.78, 5) is 14.4. The lowest BCUT2D eigenvalue weighted by molar-refractivity contribution is -0.117. The molecule has 0 radical (unpaired) electrons. The third-order valence-electron chi connectivity index (χ3n) is 5.14. The van der Waals surface area contributed by atoms with Crippen LogP contribution in [0.3, 0.4) is 0 Å². The lowest BCUT2D eigenvalue weighted by atomic mass is 10.2. The van der Waals surface area contributed by atoms with E-state index >= 15 is 0 Å². The molecule has 6 nitrogen and oxygen atoms in total. The first-order valence-electron chi connectivity index (χ1n) is 9.96. The minimum atomic E-state index is -3.65. The van der Waals surface area contributed by atoms with Crippen molar-refractivity contribution >= 4 is 37.5 Å². The number of sulfonamides is 1. The summed E-state index contributed by atoms with van der Waals surface area (Å²) in [6.07, 6.45) is 1.16. The third-order valence-corrected chi connectivity index (χ3v) is 7.63. The highest BCUT2D eigenvalue weighted by Crippen LogP contribution is 2.25. The van der Waals surface area contributed by atoms with Crippen LogP contribution < -0.4 is 5.32 Å². The highest BCUT2D eigenvalue weighted by Gasteiger charge is 2.29. The maximum atomic E-state index is 13.7. The molecule has 1 heterocycles. The maximum absolute atomic E-state index is 13.7. The molecule has 0 saturated carbocycles. The van der Waals surface area contributed by atoms with Gasteiger partial charge in [0, 0.05) is 30.2 Å². The van der Waals surface area contributed by atoms with Crippen molar-refractivity contribution in [2.45, 2.75) is 24.7 Å². The SMILES string of the molecule is CCc1cc(Br)ccc1S(=O)(=O)N1CCCN(CC(=O)Nc2ccc(F)cc2F)CC1. The van der Waals surface area contributed by atoms with E-state index < -0.39 is 27.6 Å². The second kappa shape index (κ2) is 10.2. The van der Waals surface area contributed by atoms with E-state index in [1.807, 2.05) is 17.9 Å². The molecule has 0 atom stereocenters. The van der Waals surface area contributed by atoms with Crippen LogP contribution in [0, 0.1) is 11.6 Å². The van der Waals surface area contributed by atoms with Crippen molar-refractivity contribution in [1.82, 2.24) is 9.21 Å². The molecule has 31 heavy (non-hydrogen) atoms. The highest BCUT2D eigenvalue weighted by atomic mass is 79.9. The van der Waals surface area contributed by atoms with Gasteiger partial charge in [0.1, 0.15) is 11.6 Å². The van der Waals surface area contributed by atoms with Gasteiger partial charge < -0.3 is 5.32 Å². The largest absolute Gasteiger partial charge is 0.322 e. The molecule has 1 aliphatic heterocycles. The Morgan fingerprint density at radius 3 is 2.58 bits per heavy atom. The molecule has 0 aliphatic carbocycles. The lowest BCUT2D eigenvalue weighted by Crippen LogP contribution is -2.38. The molecule has 3 rings (SSSR count). The van der Waals surface area contributed by atoms with E-state index in [1.165, 1.54) is 10.4 Å². The number of rotatable bonds is 6. The summed E-state index contributed by atoms with van der Waals surface area (Å²) < 4.78 is 55.4. The van der Waals surface area contributed by atoms with Gasteiger partial charge in [-0.05, 0) is 55.3 Å². The van der Waals surface area contributed by atoms with E-state index in [9.17, 15) is 22.0 Å². The Hall–Kier alpha value is -1.88. The van der Waals surface area contributed by atoms with Gasteiger partial charge in [0.15, 0.2) is 0 Å². The van der Waals surface area contributed by atoms with Crippen molar-refractivity contribution in [3.8, 4) is 0 Å². The van der Waals surface area contributed by atoms with Crippen LogP contribution in [0.15, 0.2) is 45.8 Å². The summed E-state index contributed by atoms with van der Waals surface area (Å²) >= 11 is 3.38.